The minimum absolute atomic E-state index is 0.0939. The van der Waals surface area contributed by atoms with Gasteiger partial charge in [-0.05, 0) is 18.3 Å². The van der Waals surface area contributed by atoms with E-state index >= 15 is 0 Å². The summed E-state index contributed by atoms with van der Waals surface area (Å²) in [5, 5.41) is 8.96. The fraction of sp³-hybridized carbons (Fsp3) is 0.692. The largest absolute Gasteiger partial charge is 0.481 e. The van der Waals surface area contributed by atoms with E-state index in [0.29, 0.717) is 19.6 Å². The third-order valence-electron chi connectivity index (χ3n) is 3.33. The molecule has 2 atom stereocenters. The summed E-state index contributed by atoms with van der Waals surface area (Å²) in [6.07, 6.45) is 4.18. The van der Waals surface area contributed by atoms with Crippen LogP contribution in [0.25, 0.3) is 0 Å². The van der Waals surface area contributed by atoms with Gasteiger partial charge in [-0.2, -0.15) is 0 Å². The molecule has 1 saturated carbocycles. The predicted molar refractivity (Wildman–Crippen MR) is 63.7 cm³/mol. The van der Waals surface area contributed by atoms with Gasteiger partial charge in [0.15, 0.2) is 0 Å². The van der Waals surface area contributed by atoms with E-state index < -0.39 is 5.97 Å². The Morgan fingerprint density at radius 1 is 1.41 bits per heavy atom. The van der Waals surface area contributed by atoms with Gasteiger partial charge in [0, 0.05) is 6.42 Å². The molecule has 1 aliphatic carbocycles. The third kappa shape index (κ3) is 3.66. The van der Waals surface area contributed by atoms with Crippen molar-refractivity contribution in [2.75, 3.05) is 13.2 Å². The minimum Gasteiger partial charge on any atom is -0.481 e. The van der Waals surface area contributed by atoms with Crippen LogP contribution in [0, 0.1) is 17.3 Å². The van der Waals surface area contributed by atoms with E-state index in [9.17, 15) is 9.59 Å². The highest BCUT2D eigenvalue weighted by atomic mass is 16.5. The molecular weight excluding hydrogens is 220 g/mol. The molecule has 96 valence electrons. The van der Waals surface area contributed by atoms with Gasteiger partial charge in [0.1, 0.15) is 5.78 Å². The Balaban J connectivity index is 2.22. The Bertz CT molecular complexity index is 330. The molecule has 0 saturated heterocycles. The maximum absolute atomic E-state index is 10.9. The van der Waals surface area contributed by atoms with Gasteiger partial charge >= 0.3 is 5.97 Å². The topological polar surface area (TPSA) is 63.6 Å². The van der Waals surface area contributed by atoms with Crippen molar-refractivity contribution in [1.29, 1.82) is 0 Å². The SMILES string of the molecule is CC(=O)CCOCC=CC1C(C(=O)O)C1(C)C. The zero-order chi connectivity index (χ0) is 13.1. The van der Waals surface area contributed by atoms with Crippen molar-refractivity contribution in [2.45, 2.75) is 27.2 Å². The van der Waals surface area contributed by atoms with E-state index in [-0.39, 0.29) is 23.0 Å². The minimum atomic E-state index is -0.734. The Hall–Kier alpha value is -1.16. The number of ether oxygens (including phenoxy) is 1. The van der Waals surface area contributed by atoms with Gasteiger partial charge in [-0.3, -0.25) is 9.59 Å². The predicted octanol–water partition coefficient (Wildman–Crippen LogP) is 1.90. The lowest BCUT2D eigenvalue weighted by Crippen LogP contribution is -2.03. The van der Waals surface area contributed by atoms with Crippen molar-refractivity contribution in [3.05, 3.63) is 12.2 Å². The number of rotatable bonds is 7. The van der Waals surface area contributed by atoms with Crippen LogP contribution in [0.1, 0.15) is 27.2 Å². The van der Waals surface area contributed by atoms with Gasteiger partial charge in [0.25, 0.3) is 0 Å². The number of carboxylic acids is 1. The highest BCUT2D eigenvalue weighted by molar-refractivity contribution is 5.76. The van der Waals surface area contributed by atoms with E-state index in [1.54, 1.807) is 0 Å². The summed E-state index contributed by atoms with van der Waals surface area (Å²) >= 11 is 0. The first kappa shape index (κ1) is 13.9. The van der Waals surface area contributed by atoms with Gasteiger partial charge in [-0.15, -0.1) is 0 Å². The number of carbonyl (C=O) groups excluding carboxylic acids is 1. The fourth-order valence-corrected chi connectivity index (χ4v) is 2.08. The van der Waals surface area contributed by atoms with Crippen LogP contribution >= 0.6 is 0 Å². The van der Waals surface area contributed by atoms with Crippen molar-refractivity contribution in [3.63, 3.8) is 0 Å². The summed E-state index contributed by atoms with van der Waals surface area (Å²) in [5.41, 5.74) is -0.151. The second kappa shape index (κ2) is 5.45. The van der Waals surface area contributed by atoms with Gasteiger partial charge < -0.3 is 9.84 Å². The van der Waals surface area contributed by atoms with Crippen LogP contribution in [0.15, 0.2) is 12.2 Å². The van der Waals surface area contributed by atoms with Crippen molar-refractivity contribution in [3.8, 4) is 0 Å². The Labute approximate surface area is 102 Å². The second-order valence-electron chi connectivity index (χ2n) is 5.12. The lowest BCUT2D eigenvalue weighted by molar-refractivity contribution is -0.139. The van der Waals surface area contributed by atoms with Crippen LogP contribution in [0.5, 0.6) is 0 Å². The molecule has 1 aliphatic rings. The molecule has 0 heterocycles. The smallest absolute Gasteiger partial charge is 0.307 e. The molecule has 4 heteroatoms. The molecule has 0 radical (unpaired) electrons. The van der Waals surface area contributed by atoms with Gasteiger partial charge in [-0.1, -0.05) is 26.0 Å². The highest BCUT2D eigenvalue weighted by Crippen LogP contribution is 2.58. The first-order valence-electron chi connectivity index (χ1n) is 5.84. The molecule has 1 rings (SSSR count). The molecule has 0 aliphatic heterocycles. The Morgan fingerprint density at radius 2 is 2.06 bits per heavy atom. The fourth-order valence-electron chi connectivity index (χ4n) is 2.08. The lowest BCUT2D eigenvalue weighted by Gasteiger charge is -1.98. The number of carboxylic acid groups (broad SMARTS) is 1. The molecule has 0 aromatic heterocycles. The quantitative estimate of drug-likeness (QED) is 0.545. The van der Waals surface area contributed by atoms with E-state index in [0.717, 1.165) is 0 Å². The molecule has 0 aromatic carbocycles. The number of ketones is 1. The highest BCUT2D eigenvalue weighted by Gasteiger charge is 2.60. The first-order valence-corrected chi connectivity index (χ1v) is 5.84. The standard InChI is InChI=1S/C13H20O4/c1-9(14)6-8-17-7-4-5-10-11(12(15)16)13(10,2)3/h4-5,10-11H,6-8H2,1-3H3,(H,15,16). The van der Waals surface area contributed by atoms with Crippen LogP contribution in [-0.4, -0.2) is 30.1 Å². The summed E-state index contributed by atoms with van der Waals surface area (Å²) in [6, 6.07) is 0. The van der Waals surface area contributed by atoms with E-state index in [1.807, 2.05) is 26.0 Å². The van der Waals surface area contributed by atoms with Gasteiger partial charge in [0.2, 0.25) is 0 Å². The van der Waals surface area contributed by atoms with Gasteiger partial charge in [-0.25, -0.2) is 0 Å². The number of Topliss-reactive ketones (excluding diaryl/α,β-unsaturated/α-hetero) is 1. The van der Waals surface area contributed by atoms with Crippen molar-refractivity contribution >= 4 is 11.8 Å². The molecule has 2 unspecified atom stereocenters. The Morgan fingerprint density at radius 3 is 2.53 bits per heavy atom. The number of carbonyl (C=O) groups is 2. The monoisotopic (exact) mass is 240 g/mol. The Kier molecular flexibility index (Phi) is 4.46. The van der Waals surface area contributed by atoms with E-state index in [4.69, 9.17) is 9.84 Å². The number of hydrogen-bond acceptors (Lipinski definition) is 3. The maximum Gasteiger partial charge on any atom is 0.307 e. The van der Waals surface area contributed by atoms with E-state index in [1.165, 1.54) is 6.92 Å². The van der Waals surface area contributed by atoms with Crippen molar-refractivity contribution in [2.24, 2.45) is 17.3 Å². The lowest BCUT2D eigenvalue weighted by atomic mass is 10.1. The van der Waals surface area contributed by atoms with Crippen LogP contribution in [0.2, 0.25) is 0 Å². The van der Waals surface area contributed by atoms with Gasteiger partial charge in [0.05, 0.1) is 19.1 Å². The third-order valence-corrected chi connectivity index (χ3v) is 3.33. The number of allylic oxidation sites excluding steroid dienone is 1. The van der Waals surface area contributed by atoms with E-state index in [2.05, 4.69) is 0 Å². The molecule has 0 amide bonds. The number of hydrogen-bond donors (Lipinski definition) is 1. The molecular formula is C13H20O4. The molecule has 1 fully saturated rings. The maximum atomic E-state index is 10.9. The summed E-state index contributed by atoms with van der Waals surface area (Å²) < 4.78 is 5.23. The summed E-state index contributed by atoms with van der Waals surface area (Å²) in [6.45, 7) is 6.31. The molecule has 0 aromatic rings. The molecule has 0 spiro atoms. The average Bonchev–Trinajstić information content (AvgIpc) is 2.73. The molecule has 1 N–H and O–H groups in total. The molecule has 0 bridgehead atoms. The summed E-state index contributed by atoms with van der Waals surface area (Å²) in [7, 11) is 0. The van der Waals surface area contributed by atoms with Crippen LogP contribution in [-0.2, 0) is 14.3 Å². The zero-order valence-corrected chi connectivity index (χ0v) is 10.6. The van der Waals surface area contributed by atoms with Crippen LogP contribution in [0.4, 0.5) is 0 Å². The second-order valence-corrected chi connectivity index (χ2v) is 5.12. The first-order chi connectivity index (χ1) is 7.87. The average molecular weight is 240 g/mol. The van der Waals surface area contributed by atoms with Crippen LogP contribution < -0.4 is 0 Å². The zero-order valence-electron chi connectivity index (χ0n) is 10.6. The summed E-state index contributed by atoms with van der Waals surface area (Å²) in [5.74, 6) is -0.808. The molecule has 17 heavy (non-hydrogen) atoms. The van der Waals surface area contributed by atoms with Crippen LogP contribution in [0.3, 0.4) is 0 Å². The molecule has 4 nitrogen and oxygen atoms in total. The summed E-state index contributed by atoms with van der Waals surface area (Å²) in [4.78, 5) is 21.5. The van der Waals surface area contributed by atoms with Crippen molar-refractivity contribution < 1.29 is 19.4 Å². The van der Waals surface area contributed by atoms with Crippen molar-refractivity contribution in [1.82, 2.24) is 0 Å². The number of aliphatic carboxylic acids is 1. The normalized spacial score (nSPS) is 26.1.